The molecule has 1 N–H and O–H groups in total. The van der Waals surface area contributed by atoms with Gasteiger partial charge < -0.3 is 5.32 Å². The fraction of sp³-hybridized carbons (Fsp3) is 0.385. The molecule has 0 spiro atoms. The lowest BCUT2D eigenvalue weighted by molar-refractivity contribution is 0.590. The zero-order chi connectivity index (χ0) is 12.7. The average molecular weight is 307 g/mol. The monoisotopic (exact) mass is 306 g/mol. The molecule has 1 unspecified atom stereocenters. The lowest BCUT2D eigenvalue weighted by atomic mass is 10.0. The minimum Gasteiger partial charge on any atom is -0.313 e. The van der Waals surface area contributed by atoms with Crippen LogP contribution in [0, 0.1) is 0 Å². The maximum absolute atomic E-state index is 4.03. The molecule has 1 heterocycles. The Kier molecular flexibility index (Phi) is 2.95. The molecule has 1 aromatic carbocycles. The van der Waals surface area contributed by atoms with Crippen molar-refractivity contribution in [3.8, 4) is 11.3 Å². The van der Waals surface area contributed by atoms with Crippen LogP contribution < -0.4 is 5.32 Å². The number of aromatic nitrogens is 3. The van der Waals surface area contributed by atoms with E-state index in [9.17, 15) is 0 Å². The van der Waals surface area contributed by atoms with Crippen molar-refractivity contribution in [1.82, 2.24) is 20.3 Å². The summed E-state index contributed by atoms with van der Waals surface area (Å²) in [5.74, 6) is 0. The summed E-state index contributed by atoms with van der Waals surface area (Å²) in [5.41, 5.74) is 5.06. The molecule has 94 valence electrons. The number of rotatable bonds is 2. The number of halogens is 1. The second kappa shape index (κ2) is 4.48. The van der Waals surface area contributed by atoms with Crippen LogP contribution in [0.3, 0.4) is 0 Å². The highest BCUT2D eigenvalue weighted by Crippen LogP contribution is 2.35. The second-order valence-corrected chi connectivity index (χ2v) is 5.40. The van der Waals surface area contributed by atoms with Crippen LogP contribution in [0.5, 0.6) is 0 Å². The number of nitrogens with one attached hydrogen (secondary N) is 1. The standard InChI is InChI=1S/C13H15BrN4/c1-15-11-6-4-8-7-9(3-5-10(8)11)12-13(14)16-17-18(12)2/h3,5,7,11,15H,4,6H2,1-2H3. The summed E-state index contributed by atoms with van der Waals surface area (Å²) in [7, 11) is 3.94. The van der Waals surface area contributed by atoms with Crippen molar-refractivity contribution in [1.29, 1.82) is 0 Å². The summed E-state index contributed by atoms with van der Waals surface area (Å²) >= 11 is 3.45. The van der Waals surface area contributed by atoms with Crippen molar-refractivity contribution in [3.05, 3.63) is 33.9 Å². The average Bonchev–Trinajstić information content (AvgIpc) is 2.92. The zero-order valence-corrected chi connectivity index (χ0v) is 12.0. The first-order valence-corrected chi connectivity index (χ1v) is 6.85. The smallest absolute Gasteiger partial charge is 0.156 e. The van der Waals surface area contributed by atoms with Crippen LogP contribution in [0.1, 0.15) is 23.6 Å². The molecule has 2 aromatic rings. The molecule has 5 heteroatoms. The number of hydrogen-bond acceptors (Lipinski definition) is 3. The molecule has 18 heavy (non-hydrogen) atoms. The van der Waals surface area contributed by atoms with Crippen LogP contribution in [0.15, 0.2) is 22.8 Å². The molecule has 0 radical (unpaired) electrons. The largest absolute Gasteiger partial charge is 0.313 e. The molecule has 0 aliphatic heterocycles. The lowest BCUT2D eigenvalue weighted by Crippen LogP contribution is -2.12. The molecule has 1 atom stereocenters. The quantitative estimate of drug-likeness (QED) is 0.927. The van der Waals surface area contributed by atoms with Gasteiger partial charge in [0.2, 0.25) is 0 Å². The summed E-state index contributed by atoms with van der Waals surface area (Å²) in [6.45, 7) is 0. The van der Waals surface area contributed by atoms with Crippen LogP contribution in [-0.2, 0) is 13.5 Å². The van der Waals surface area contributed by atoms with Gasteiger partial charge in [-0.15, -0.1) is 5.10 Å². The van der Waals surface area contributed by atoms with Gasteiger partial charge in [0.1, 0.15) is 5.69 Å². The highest BCUT2D eigenvalue weighted by atomic mass is 79.9. The van der Waals surface area contributed by atoms with E-state index in [1.165, 1.54) is 23.1 Å². The van der Waals surface area contributed by atoms with Crippen LogP contribution in [0.4, 0.5) is 0 Å². The van der Waals surface area contributed by atoms with Crippen molar-refractivity contribution in [2.24, 2.45) is 7.05 Å². The Morgan fingerprint density at radius 2 is 2.28 bits per heavy atom. The first-order chi connectivity index (χ1) is 8.70. The fourth-order valence-electron chi connectivity index (χ4n) is 2.70. The Bertz CT molecular complexity index is 571. The summed E-state index contributed by atoms with van der Waals surface area (Å²) in [4.78, 5) is 0. The van der Waals surface area contributed by atoms with E-state index < -0.39 is 0 Å². The van der Waals surface area contributed by atoms with Gasteiger partial charge in [0.05, 0.1) is 0 Å². The highest BCUT2D eigenvalue weighted by Gasteiger charge is 2.22. The highest BCUT2D eigenvalue weighted by molar-refractivity contribution is 9.10. The van der Waals surface area contributed by atoms with Crippen molar-refractivity contribution in [3.63, 3.8) is 0 Å². The third kappa shape index (κ3) is 1.78. The normalized spacial score (nSPS) is 18.1. The SMILES string of the molecule is CNC1CCc2cc(-c3c(Br)nnn3C)ccc21. The molecule has 0 fully saturated rings. The lowest BCUT2D eigenvalue weighted by Gasteiger charge is -2.10. The van der Waals surface area contributed by atoms with Crippen molar-refractivity contribution >= 4 is 15.9 Å². The van der Waals surface area contributed by atoms with E-state index in [0.717, 1.165) is 16.7 Å². The van der Waals surface area contributed by atoms with Crippen molar-refractivity contribution in [2.45, 2.75) is 18.9 Å². The third-order valence-electron chi connectivity index (χ3n) is 3.63. The van der Waals surface area contributed by atoms with E-state index >= 15 is 0 Å². The Morgan fingerprint density at radius 3 is 2.94 bits per heavy atom. The molecule has 4 nitrogen and oxygen atoms in total. The number of hydrogen-bond donors (Lipinski definition) is 1. The van der Waals surface area contributed by atoms with Gasteiger partial charge in [0, 0.05) is 18.7 Å². The molecular formula is C13H15BrN4. The maximum Gasteiger partial charge on any atom is 0.156 e. The topological polar surface area (TPSA) is 42.7 Å². The molecule has 3 rings (SSSR count). The molecular weight excluding hydrogens is 292 g/mol. The maximum atomic E-state index is 4.03. The van der Waals surface area contributed by atoms with Gasteiger partial charge in [0.25, 0.3) is 0 Å². The third-order valence-corrected chi connectivity index (χ3v) is 4.16. The van der Waals surface area contributed by atoms with Gasteiger partial charge in [-0.3, -0.25) is 0 Å². The molecule has 1 aliphatic rings. The molecule has 0 bridgehead atoms. The van der Waals surface area contributed by atoms with Crippen molar-refractivity contribution < 1.29 is 0 Å². The molecule has 1 aliphatic carbocycles. The van der Waals surface area contributed by atoms with E-state index in [4.69, 9.17) is 0 Å². The van der Waals surface area contributed by atoms with Crippen LogP contribution in [-0.4, -0.2) is 22.0 Å². The summed E-state index contributed by atoms with van der Waals surface area (Å²) in [5, 5.41) is 11.4. The van der Waals surface area contributed by atoms with Gasteiger partial charge in [-0.1, -0.05) is 17.3 Å². The van der Waals surface area contributed by atoms with E-state index in [1.807, 2.05) is 14.1 Å². The first kappa shape index (κ1) is 11.9. The Labute approximate surface area is 115 Å². The number of aryl methyl sites for hydroxylation is 2. The van der Waals surface area contributed by atoms with E-state index in [0.29, 0.717) is 6.04 Å². The Balaban J connectivity index is 2.07. The van der Waals surface area contributed by atoms with E-state index in [1.54, 1.807) is 4.68 Å². The molecule has 0 amide bonds. The van der Waals surface area contributed by atoms with E-state index in [2.05, 4.69) is 49.8 Å². The van der Waals surface area contributed by atoms with Crippen molar-refractivity contribution in [2.75, 3.05) is 7.05 Å². The predicted octanol–water partition coefficient (Wildman–Crippen LogP) is 2.45. The summed E-state index contributed by atoms with van der Waals surface area (Å²) < 4.78 is 2.60. The second-order valence-electron chi connectivity index (χ2n) is 4.65. The fourth-order valence-corrected chi connectivity index (χ4v) is 3.26. The molecule has 0 saturated heterocycles. The Morgan fingerprint density at radius 1 is 1.44 bits per heavy atom. The molecule has 0 saturated carbocycles. The van der Waals surface area contributed by atoms with Crippen LogP contribution in [0.2, 0.25) is 0 Å². The van der Waals surface area contributed by atoms with Gasteiger partial charge >= 0.3 is 0 Å². The minimum atomic E-state index is 0.502. The summed E-state index contributed by atoms with van der Waals surface area (Å²) in [6.07, 6.45) is 2.32. The Hall–Kier alpha value is -1.20. The minimum absolute atomic E-state index is 0.502. The van der Waals surface area contributed by atoms with Crippen LogP contribution >= 0.6 is 15.9 Å². The first-order valence-electron chi connectivity index (χ1n) is 6.06. The molecule has 1 aromatic heterocycles. The van der Waals surface area contributed by atoms with Gasteiger partial charge in [-0.05, 0) is 53.0 Å². The van der Waals surface area contributed by atoms with Crippen LogP contribution in [0.25, 0.3) is 11.3 Å². The summed E-state index contributed by atoms with van der Waals surface area (Å²) in [6, 6.07) is 7.13. The zero-order valence-electron chi connectivity index (χ0n) is 10.4. The number of fused-ring (bicyclic) bond motifs is 1. The number of nitrogens with zero attached hydrogens (tertiary/aromatic N) is 3. The van der Waals surface area contributed by atoms with Gasteiger partial charge in [-0.2, -0.15) is 0 Å². The van der Waals surface area contributed by atoms with Gasteiger partial charge in [0.15, 0.2) is 4.60 Å². The number of benzene rings is 1. The predicted molar refractivity (Wildman–Crippen MR) is 74.3 cm³/mol. The van der Waals surface area contributed by atoms with E-state index in [-0.39, 0.29) is 0 Å². The van der Waals surface area contributed by atoms with Gasteiger partial charge in [-0.25, -0.2) is 4.68 Å².